The quantitative estimate of drug-likeness (QED) is 0.282. The zero-order chi connectivity index (χ0) is 24.1. The zero-order valence-corrected chi connectivity index (χ0v) is 23.0. The van der Waals surface area contributed by atoms with E-state index in [2.05, 4.69) is 97.8 Å². The maximum Gasteiger partial charge on any atom is 0.188 e. The molecule has 0 spiro atoms. The van der Waals surface area contributed by atoms with Crippen LogP contribution in [-0.2, 0) is 15.3 Å². The van der Waals surface area contributed by atoms with Crippen molar-refractivity contribution in [3.8, 4) is 5.75 Å². The number of ether oxygens (including phenoxy) is 2. The largest absolute Gasteiger partial charge is 0.467 e. The van der Waals surface area contributed by atoms with E-state index < -0.39 is 0 Å². The van der Waals surface area contributed by atoms with Gasteiger partial charge in [-0.2, -0.15) is 0 Å². The van der Waals surface area contributed by atoms with Crippen molar-refractivity contribution < 1.29 is 9.47 Å². The van der Waals surface area contributed by atoms with Gasteiger partial charge in [0.2, 0.25) is 0 Å². The number of aryl methyl sites for hydroxylation is 2. The van der Waals surface area contributed by atoms with Crippen LogP contribution in [0.2, 0.25) is 0 Å². The Morgan fingerprint density at radius 1 is 1.00 bits per heavy atom. The molecule has 4 heteroatoms. The van der Waals surface area contributed by atoms with Crippen molar-refractivity contribution in [1.82, 2.24) is 0 Å². The Labute approximate surface area is 198 Å². The molecule has 0 N–H and O–H groups in total. The Morgan fingerprint density at radius 3 is 2.25 bits per heavy atom. The molecule has 0 heterocycles. The van der Waals surface area contributed by atoms with E-state index in [1.54, 1.807) is 7.11 Å². The number of hydrogen-bond acceptors (Lipinski definition) is 3. The summed E-state index contributed by atoms with van der Waals surface area (Å²) < 4.78 is 11.5. The topological polar surface area (TPSA) is 21.7 Å². The summed E-state index contributed by atoms with van der Waals surface area (Å²) >= 11 is 0. The van der Waals surface area contributed by atoms with E-state index in [1.165, 1.54) is 46.1 Å². The normalized spacial score (nSPS) is 14.1. The molecule has 2 atom stereocenters. The molecular weight excluding hydrogens is 413 g/mol. The summed E-state index contributed by atoms with van der Waals surface area (Å²) in [6, 6.07) is 11.6. The van der Waals surface area contributed by atoms with Crippen molar-refractivity contribution in [2.45, 2.75) is 78.3 Å². The van der Waals surface area contributed by atoms with Gasteiger partial charge in [0.1, 0.15) is 5.75 Å². The number of anilines is 1. The fourth-order valence-electron chi connectivity index (χ4n) is 4.14. The van der Waals surface area contributed by atoms with E-state index in [4.69, 9.17) is 9.47 Å². The van der Waals surface area contributed by atoms with Crippen LogP contribution in [-0.4, -0.2) is 28.0 Å². The highest BCUT2D eigenvalue weighted by Crippen LogP contribution is 2.51. The average molecular weight is 458 g/mol. The summed E-state index contributed by atoms with van der Waals surface area (Å²) in [5.74, 6) is 0.990. The van der Waals surface area contributed by atoms with E-state index in [0.29, 0.717) is 8.58 Å². The maximum atomic E-state index is 6.22. The van der Waals surface area contributed by atoms with Gasteiger partial charge in [-0.1, -0.05) is 80.3 Å². The lowest BCUT2D eigenvalue weighted by Gasteiger charge is -2.35. The molecule has 0 radical (unpaired) electrons. The van der Waals surface area contributed by atoms with Gasteiger partial charge in [-0.3, -0.25) is 0 Å². The molecule has 2 aromatic rings. The second kappa shape index (κ2) is 11.0. The molecule has 0 saturated carbocycles. The number of rotatable bonds is 10. The monoisotopic (exact) mass is 457 g/mol. The Hall–Kier alpha value is -1.57. The van der Waals surface area contributed by atoms with Crippen molar-refractivity contribution >= 4 is 19.6 Å². The van der Waals surface area contributed by atoms with Crippen LogP contribution in [0.5, 0.6) is 5.75 Å². The predicted octanol–water partition coefficient (Wildman–Crippen LogP) is 7.06. The first-order valence-electron chi connectivity index (χ1n) is 11.8. The Bertz CT molecular complexity index is 901. The molecule has 0 amide bonds. The first-order valence-corrected chi connectivity index (χ1v) is 12.8. The van der Waals surface area contributed by atoms with Crippen molar-refractivity contribution in [3.05, 3.63) is 52.6 Å². The van der Waals surface area contributed by atoms with Crippen LogP contribution in [0.4, 0.5) is 5.69 Å². The van der Waals surface area contributed by atoms with Crippen LogP contribution in [0.25, 0.3) is 0 Å². The smallest absolute Gasteiger partial charge is 0.188 e. The molecule has 0 saturated heterocycles. The molecule has 2 rings (SSSR count). The molecule has 178 valence electrons. The summed E-state index contributed by atoms with van der Waals surface area (Å²) in [6.45, 7) is 16.2. The predicted molar refractivity (Wildman–Crippen MR) is 143 cm³/mol. The summed E-state index contributed by atoms with van der Waals surface area (Å²) in [6.07, 6.45) is 3.49. The fraction of sp³-hybridized carbons (Fsp3) is 0.571. The first-order chi connectivity index (χ1) is 14.9. The van der Waals surface area contributed by atoms with Gasteiger partial charge >= 0.3 is 0 Å². The average Bonchev–Trinajstić information content (AvgIpc) is 2.71. The summed E-state index contributed by atoms with van der Waals surface area (Å²) in [4.78, 5) is 2.24. The van der Waals surface area contributed by atoms with Gasteiger partial charge in [0.25, 0.3) is 0 Å². The molecular formula is C28H44NO2P. The lowest BCUT2D eigenvalue weighted by Crippen LogP contribution is -2.25. The maximum absolute atomic E-state index is 6.22. The zero-order valence-electron chi connectivity index (χ0n) is 22.0. The first kappa shape index (κ1) is 26.7. The fourth-order valence-corrected chi connectivity index (χ4v) is 5.94. The van der Waals surface area contributed by atoms with Crippen LogP contribution in [0.1, 0.15) is 76.1 Å². The molecule has 0 aliphatic heterocycles. The molecule has 0 fully saturated rings. The van der Waals surface area contributed by atoms with Gasteiger partial charge < -0.3 is 14.4 Å². The highest BCUT2D eigenvalue weighted by molar-refractivity contribution is 7.49. The van der Waals surface area contributed by atoms with Crippen molar-refractivity contribution in [1.29, 1.82) is 0 Å². The second-order valence-corrected chi connectivity index (χ2v) is 12.3. The van der Waals surface area contributed by atoms with Gasteiger partial charge in [0, 0.05) is 37.6 Å². The van der Waals surface area contributed by atoms with E-state index in [1.807, 2.05) is 0 Å². The van der Waals surface area contributed by atoms with E-state index >= 15 is 0 Å². The lowest BCUT2D eigenvalue weighted by molar-refractivity contribution is 0.0495. The van der Waals surface area contributed by atoms with Gasteiger partial charge in [0.05, 0.1) is 0 Å². The van der Waals surface area contributed by atoms with Gasteiger partial charge in [-0.25, -0.2) is 0 Å². The lowest BCUT2D eigenvalue weighted by atomic mass is 9.82. The van der Waals surface area contributed by atoms with Crippen LogP contribution in [0, 0.1) is 13.8 Å². The highest BCUT2D eigenvalue weighted by atomic mass is 31.1. The van der Waals surface area contributed by atoms with Crippen molar-refractivity contribution in [2.24, 2.45) is 0 Å². The number of benzene rings is 2. The summed E-state index contributed by atoms with van der Waals surface area (Å²) in [5, 5.41) is 1.39. The third-order valence-corrected chi connectivity index (χ3v) is 7.90. The van der Waals surface area contributed by atoms with E-state index in [9.17, 15) is 0 Å². The Morgan fingerprint density at radius 2 is 1.69 bits per heavy atom. The Kier molecular flexibility index (Phi) is 9.20. The second-order valence-electron chi connectivity index (χ2n) is 10.4. The van der Waals surface area contributed by atoms with E-state index in [-0.39, 0.29) is 17.4 Å². The van der Waals surface area contributed by atoms with Crippen LogP contribution in [0.3, 0.4) is 0 Å². The number of unbranched alkanes of at least 4 members (excludes halogenated alkanes) is 1. The van der Waals surface area contributed by atoms with E-state index in [0.717, 1.165) is 12.2 Å². The van der Waals surface area contributed by atoms with Crippen molar-refractivity contribution in [3.63, 3.8) is 0 Å². The van der Waals surface area contributed by atoms with Gasteiger partial charge in [-0.15, -0.1) is 0 Å². The molecule has 0 aliphatic rings. The minimum absolute atomic E-state index is 0.0227. The van der Waals surface area contributed by atoms with Crippen LogP contribution in [0.15, 0.2) is 30.3 Å². The molecule has 3 nitrogen and oxygen atoms in total. The van der Waals surface area contributed by atoms with Crippen LogP contribution >= 0.6 is 8.58 Å². The standard InChI is InChI=1S/C28H44NO2P/c1-11-12-15-28(7,32-25-14-13-20(2)16-24(25)29(8)9)23-18-22(27(4,5)6)17-21(3)26(23)31-19-30-10/h13-14,16-18,32H,11-12,15,19H2,1-10H3. The molecule has 0 aliphatic carbocycles. The minimum atomic E-state index is -0.0227. The highest BCUT2D eigenvalue weighted by Gasteiger charge is 2.33. The van der Waals surface area contributed by atoms with Gasteiger partial charge in [-0.05, 0) is 53.7 Å². The SMILES string of the molecule is CCCCC(C)(Pc1ccc(C)cc1N(C)C)c1cc(C(C)(C)C)cc(C)c1OCOC. The van der Waals surface area contributed by atoms with Gasteiger partial charge in [0.15, 0.2) is 6.79 Å². The summed E-state index contributed by atoms with van der Waals surface area (Å²) in [5.41, 5.74) is 6.55. The van der Waals surface area contributed by atoms with Crippen LogP contribution < -0.4 is 14.9 Å². The molecule has 2 unspecified atom stereocenters. The Balaban J connectivity index is 2.71. The third-order valence-electron chi connectivity index (χ3n) is 6.13. The molecule has 2 aromatic carbocycles. The summed E-state index contributed by atoms with van der Waals surface area (Å²) in [7, 11) is 6.61. The number of methoxy groups -OCH3 is 1. The third kappa shape index (κ3) is 6.49. The number of nitrogens with zero attached hydrogens (tertiary/aromatic N) is 1. The molecule has 0 aromatic heterocycles. The molecule has 0 bridgehead atoms. The van der Waals surface area contributed by atoms with Crippen molar-refractivity contribution in [2.75, 3.05) is 32.9 Å². The minimum Gasteiger partial charge on any atom is -0.467 e. The molecule has 32 heavy (non-hydrogen) atoms. The number of hydrogen-bond donors (Lipinski definition) is 0.